The fourth-order valence-corrected chi connectivity index (χ4v) is 1.37. The lowest BCUT2D eigenvalue weighted by atomic mass is 10.2. The Bertz CT molecular complexity index is 540. The molecule has 1 heterocycles. The van der Waals surface area contributed by atoms with E-state index in [9.17, 15) is 9.59 Å². The van der Waals surface area contributed by atoms with Crippen LogP contribution in [0.25, 0.3) is 0 Å². The fraction of sp³-hybridized carbons (Fsp3) is 0.0769. The molecule has 1 amide bonds. The summed E-state index contributed by atoms with van der Waals surface area (Å²) < 4.78 is 5.01. The Morgan fingerprint density at radius 3 is 2.47 bits per heavy atom. The van der Waals surface area contributed by atoms with Crippen molar-refractivity contribution in [2.45, 2.75) is 6.92 Å². The van der Waals surface area contributed by atoms with E-state index in [1.807, 2.05) is 19.1 Å². The number of rotatable bonds is 3. The molecule has 0 atom stereocenters. The Balaban J connectivity index is 2.11. The van der Waals surface area contributed by atoms with Gasteiger partial charge in [-0.05, 0) is 31.2 Å². The van der Waals surface area contributed by atoms with Gasteiger partial charge in [-0.1, -0.05) is 17.7 Å². The van der Waals surface area contributed by atoms with Gasteiger partial charge in [0.05, 0.1) is 0 Å². The fourth-order valence-electron chi connectivity index (χ4n) is 1.37. The van der Waals surface area contributed by atoms with Crippen molar-refractivity contribution in [2.24, 2.45) is 0 Å². The average molecular weight is 229 g/mol. The van der Waals surface area contributed by atoms with Crippen LogP contribution in [0.2, 0.25) is 0 Å². The third kappa shape index (κ3) is 2.60. The highest BCUT2D eigenvalue weighted by Gasteiger charge is 2.10. The third-order valence-corrected chi connectivity index (χ3v) is 2.28. The summed E-state index contributed by atoms with van der Waals surface area (Å²) in [4.78, 5) is 22.1. The van der Waals surface area contributed by atoms with Crippen LogP contribution >= 0.6 is 0 Å². The van der Waals surface area contributed by atoms with Crippen molar-refractivity contribution in [2.75, 3.05) is 5.32 Å². The van der Waals surface area contributed by atoms with Gasteiger partial charge in [-0.2, -0.15) is 0 Å². The van der Waals surface area contributed by atoms with E-state index in [0.717, 1.165) is 5.56 Å². The molecule has 2 aromatic rings. The molecular formula is C13H11NO3. The number of carbonyl (C=O) groups is 2. The van der Waals surface area contributed by atoms with Crippen molar-refractivity contribution in [1.82, 2.24) is 0 Å². The highest BCUT2D eigenvalue weighted by Crippen LogP contribution is 2.12. The van der Waals surface area contributed by atoms with Gasteiger partial charge in [0.2, 0.25) is 0 Å². The molecule has 0 aliphatic heterocycles. The van der Waals surface area contributed by atoms with Gasteiger partial charge in [-0.3, -0.25) is 9.59 Å². The summed E-state index contributed by atoms with van der Waals surface area (Å²) in [5.41, 5.74) is 1.80. The van der Waals surface area contributed by atoms with Gasteiger partial charge in [-0.15, -0.1) is 0 Å². The van der Waals surface area contributed by atoms with E-state index < -0.39 is 0 Å². The lowest BCUT2D eigenvalue weighted by Crippen LogP contribution is -2.10. The van der Waals surface area contributed by atoms with Crippen molar-refractivity contribution in [3.63, 3.8) is 0 Å². The predicted molar refractivity (Wildman–Crippen MR) is 63.2 cm³/mol. The number of nitrogens with one attached hydrogen (secondary N) is 1. The van der Waals surface area contributed by atoms with Crippen LogP contribution in [-0.2, 0) is 0 Å². The highest BCUT2D eigenvalue weighted by atomic mass is 16.4. The second kappa shape index (κ2) is 4.65. The first-order chi connectivity index (χ1) is 8.19. The molecule has 2 rings (SSSR count). The summed E-state index contributed by atoms with van der Waals surface area (Å²) in [7, 11) is 0. The molecule has 0 saturated heterocycles. The quantitative estimate of drug-likeness (QED) is 0.823. The van der Waals surface area contributed by atoms with Gasteiger partial charge in [-0.25, -0.2) is 0 Å². The second-order valence-corrected chi connectivity index (χ2v) is 3.64. The Kier molecular flexibility index (Phi) is 3.05. The highest BCUT2D eigenvalue weighted by molar-refractivity contribution is 6.02. The molecule has 0 aliphatic carbocycles. The van der Waals surface area contributed by atoms with Crippen molar-refractivity contribution in [1.29, 1.82) is 0 Å². The standard InChI is InChI=1S/C13H11NO3/c1-9-2-4-10(5-3-9)14-13(16)12-7-6-11(8-15)17-12/h2-8H,1H3,(H,14,16). The number of carbonyl (C=O) groups excluding carboxylic acids is 2. The maximum atomic E-state index is 11.7. The minimum absolute atomic E-state index is 0.118. The van der Waals surface area contributed by atoms with Gasteiger partial charge in [0.1, 0.15) is 0 Å². The van der Waals surface area contributed by atoms with Crippen molar-refractivity contribution in [3.05, 3.63) is 53.5 Å². The first-order valence-electron chi connectivity index (χ1n) is 5.12. The SMILES string of the molecule is Cc1ccc(NC(=O)c2ccc(C=O)o2)cc1. The molecule has 1 aromatic heterocycles. The molecule has 0 spiro atoms. The number of aldehydes is 1. The zero-order valence-corrected chi connectivity index (χ0v) is 9.27. The summed E-state index contributed by atoms with van der Waals surface area (Å²) in [5.74, 6) is -0.117. The van der Waals surface area contributed by atoms with Crippen LogP contribution < -0.4 is 5.32 Å². The van der Waals surface area contributed by atoms with E-state index in [0.29, 0.717) is 12.0 Å². The van der Waals surface area contributed by atoms with Crippen molar-refractivity contribution in [3.8, 4) is 0 Å². The van der Waals surface area contributed by atoms with Crippen LogP contribution in [0.5, 0.6) is 0 Å². The van der Waals surface area contributed by atoms with E-state index in [-0.39, 0.29) is 17.4 Å². The van der Waals surface area contributed by atoms with Crippen molar-refractivity contribution >= 4 is 17.9 Å². The monoisotopic (exact) mass is 229 g/mol. The van der Waals surface area contributed by atoms with Crippen LogP contribution in [0.3, 0.4) is 0 Å². The van der Waals surface area contributed by atoms with E-state index in [1.54, 1.807) is 12.1 Å². The molecule has 0 unspecified atom stereocenters. The third-order valence-electron chi connectivity index (χ3n) is 2.28. The molecule has 0 aliphatic rings. The molecule has 0 bridgehead atoms. The molecular weight excluding hydrogens is 218 g/mol. The number of benzene rings is 1. The van der Waals surface area contributed by atoms with E-state index in [4.69, 9.17) is 4.42 Å². The van der Waals surface area contributed by atoms with Crippen molar-refractivity contribution < 1.29 is 14.0 Å². The number of hydrogen-bond donors (Lipinski definition) is 1. The normalized spacial score (nSPS) is 9.94. The summed E-state index contributed by atoms with van der Waals surface area (Å²) in [6.45, 7) is 1.97. The maximum Gasteiger partial charge on any atom is 0.291 e. The van der Waals surface area contributed by atoms with E-state index >= 15 is 0 Å². The minimum Gasteiger partial charge on any atom is -0.448 e. The molecule has 1 N–H and O–H groups in total. The van der Waals surface area contributed by atoms with E-state index in [2.05, 4.69) is 5.32 Å². The van der Waals surface area contributed by atoms with Crippen LogP contribution in [0.1, 0.15) is 26.7 Å². The molecule has 86 valence electrons. The number of aryl methyl sites for hydroxylation is 1. The Morgan fingerprint density at radius 1 is 1.18 bits per heavy atom. The van der Waals surface area contributed by atoms with Crippen LogP contribution in [0.15, 0.2) is 40.8 Å². The number of anilines is 1. The molecule has 1 aromatic carbocycles. The molecule has 4 nitrogen and oxygen atoms in total. The number of amides is 1. The smallest absolute Gasteiger partial charge is 0.291 e. The number of hydrogen-bond acceptors (Lipinski definition) is 3. The van der Waals surface area contributed by atoms with Crippen LogP contribution in [-0.4, -0.2) is 12.2 Å². The summed E-state index contributed by atoms with van der Waals surface area (Å²) in [6, 6.07) is 10.3. The maximum absolute atomic E-state index is 11.7. The summed E-state index contributed by atoms with van der Waals surface area (Å²) in [5, 5.41) is 2.67. The van der Waals surface area contributed by atoms with Gasteiger partial charge in [0.25, 0.3) is 5.91 Å². The van der Waals surface area contributed by atoms with Gasteiger partial charge in [0, 0.05) is 5.69 Å². The average Bonchev–Trinajstić information content (AvgIpc) is 2.81. The van der Waals surface area contributed by atoms with Crippen LogP contribution in [0, 0.1) is 6.92 Å². The Hall–Kier alpha value is -2.36. The molecule has 0 radical (unpaired) electrons. The number of furan rings is 1. The van der Waals surface area contributed by atoms with Crippen LogP contribution in [0.4, 0.5) is 5.69 Å². The molecule has 0 saturated carbocycles. The molecule has 0 fully saturated rings. The Morgan fingerprint density at radius 2 is 1.88 bits per heavy atom. The molecule has 4 heteroatoms. The zero-order valence-electron chi connectivity index (χ0n) is 9.27. The largest absolute Gasteiger partial charge is 0.448 e. The van der Waals surface area contributed by atoms with E-state index in [1.165, 1.54) is 12.1 Å². The predicted octanol–water partition coefficient (Wildman–Crippen LogP) is 2.65. The first-order valence-corrected chi connectivity index (χ1v) is 5.12. The summed E-state index contributed by atoms with van der Waals surface area (Å²) in [6.07, 6.45) is 0.558. The van der Waals surface area contributed by atoms with Gasteiger partial charge >= 0.3 is 0 Å². The van der Waals surface area contributed by atoms with Gasteiger partial charge < -0.3 is 9.73 Å². The summed E-state index contributed by atoms with van der Waals surface area (Å²) >= 11 is 0. The van der Waals surface area contributed by atoms with Gasteiger partial charge in [0.15, 0.2) is 17.8 Å². The molecule has 17 heavy (non-hydrogen) atoms. The first kappa shape index (κ1) is 11.1. The second-order valence-electron chi connectivity index (χ2n) is 3.64. The lowest BCUT2D eigenvalue weighted by molar-refractivity contribution is 0.0992. The zero-order chi connectivity index (χ0) is 12.3. The Labute approximate surface area is 98.3 Å². The minimum atomic E-state index is -0.373. The lowest BCUT2D eigenvalue weighted by Gasteiger charge is -2.02. The topological polar surface area (TPSA) is 59.3 Å².